The Bertz CT molecular complexity index is 984. The number of halogens is 1. The summed E-state index contributed by atoms with van der Waals surface area (Å²) in [6, 6.07) is 12.0. The predicted octanol–water partition coefficient (Wildman–Crippen LogP) is 3.76. The summed E-state index contributed by atoms with van der Waals surface area (Å²) in [5, 5.41) is 0.413. The third-order valence-electron chi connectivity index (χ3n) is 5.28. The minimum absolute atomic E-state index is 0.0292. The molecular weight excluding hydrogens is 384 g/mol. The van der Waals surface area contributed by atoms with Crippen LogP contribution in [0.1, 0.15) is 41.6 Å². The Kier molecular flexibility index (Phi) is 4.97. The molecule has 0 bridgehead atoms. The molecule has 0 unspecified atom stereocenters. The minimum Gasteiger partial charge on any atom is -0.308 e. The van der Waals surface area contributed by atoms with Crippen LogP contribution in [0.4, 0.5) is 5.69 Å². The van der Waals surface area contributed by atoms with Gasteiger partial charge in [-0.2, -0.15) is 0 Å². The Hall–Kier alpha value is -1.89. The average Bonchev–Trinajstić information content (AvgIpc) is 3.30. The molecule has 1 amide bonds. The maximum absolute atomic E-state index is 12.9. The van der Waals surface area contributed by atoms with Crippen LogP contribution in [0, 0.1) is 0 Å². The lowest BCUT2D eigenvalue weighted by Crippen LogP contribution is -2.32. The number of carbonyl (C=O) groups excluding carboxylic acids is 1. The van der Waals surface area contributed by atoms with Crippen molar-refractivity contribution < 1.29 is 13.2 Å². The molecule has 0 saturated heterocycles. The highest BCUT2D eigenvalue weighted by molar-refractivity contribution is 7.89. The van der Waals surface area contributed by atoms with E-state index < -0.39 is 10.0 Å². The maximum Gasteiger partial charge on any atom is 0.259 e. The quantitative estimate of drug-likeness (QED) is 0.843. The van der Waals surface area contributed by atoms with Gasteiger partial charge in [0.05, 0.1) is 15.5 Å². The summed E-state index contributed by atoms with van der Waals surface area (Å²) in [4.78, 5) is 14.8. The molecule has 5 nitrogen and oxygen atoms in total. The van der Waals surface area contributed by atoms with Crippen LogP contribution in [0.2, 0.25) is 5.02 Å². The third kappa shape index (κ3) is 3.61. The average molecular weight is 405 g/mol. The summed E-state index contributed by atoms with van der Waals surface area (Å²) >= 11 is 6.16. The van der Waals surface area contributed by atoms with E-state index in [1.54, 1.807) is 47.4 Å². The van der Waals surface area contributed by atoms with Crippen LogP contribution in [0.25, 0.3) is 0 Å². The predicted molar refractivity (Wildman–Crippen MR) is 106 cm³/mol. The largest absolute Gasteiger partial charge is 0.308 e. The molecule has 1 aliphatic heterocycles. The van der Waals surface area contributed by atoms with Gasteiger partial charge in [-0.05, 0) is 55.2 Å². The highest BCUT2D eigenvalue weighted by Crippen LogP contribution is 2.32. The molecule has 1 N–H and O–H groups in total. The van der Waals surface area contributed by atoms with Crippen molar-refractivity contribution in [3.05, 3.63) is 58.6 Å². The second kappa shape index (κ2) is 7.26. The molecule has 4 rings (SSSR count). The van der Waals surface area contributed by atoms with Crippen molar-refractivity contribution in [3.8, 4) is 0 Å². The first-order chi connectivity index (χ1) is 13.0. The Morgan fingerprint density at radius 1 is 1.11 bits per heavy atom. The lowest BCUT2D eigenvalue weighted by atomic mass is 10.1. The van der Waals surface area contributed by atoms with Crippen LogP contribution in [0.15, 0.2) is 47.4 Å². The molecule has 0 spiro atoms. The van der Waals surface area contributed by atoms with Crippen molar-refractivity contribution in [2.24, 2.45) is 0 Å². The highest BCUT2D eigenvalue weighted by atomic mass is 35.5. The SMILES string of the molecule is O=C(c1ccccc1Cl)N1CCc2cc(S(=O)(=O)NC3CCCC3)ccc21. The third-order valence-corrected chi connectivity index (χ3v) is 7.13. The molecule has 7 heteroatoms. The van der Waals surface area contributed by atoms with Gasteiger partial charge in [0.2, 0.25) is 10.0 Å². The molecule has 2 aromatic rings. The summed E-state index contributed by atoms with van der Waals surface area (Å²) in [5.41, 5.74) is 2.07. The molecule has 1 saturated carbocycles. The highest BCUT2D eigenvalue weighted by Gasteiger charge is 2.29. The summed E-state index contributed by atoms with van der Waals surface area (Å²) in [6.45, 7) is 0.513. The summed E-state index contributed by atoms with van der Waals surface area (Å²) in [6.07, 6.45) is 4.54. The van der Waals surface area contributed by atoms with Crippen molar-refractivity contribution in [1.29, 1.82) is 0 Å². The number of benzene rings is 2. The molecule has 1 heterocycles. The van der Waals surface area contributed by atoms with Gasteiger partial charge in [-0.1, -0.05) is 36.6 Å². The smallest absolute Gasteiger partial charge is 0.259 e. The van der Waals surface area contributed by atoms with E-state index in [1.165, 1.54) is 0 Å². The maximum atomic E-state index is 12.9. The standard InChI is InChI=1S/C20H21ClN2O3S/c21-18-8-4-3-7-17(18)20(24)23-12-11-14-13-16(9-10-19(14)23)27(25,26)22-15-5-1-2-6-15/h3-4,7-10,13,15,22H,1-2,5-6,11-12H2. The van der Waals surface area contributed by atoms with Crippen LogP contribution < -0.4 is 9.62 Å². The van der Waals surface area contributed by atoms with Gasteiger partial charge in [0.15, 0.2) is 0 Å². The molecule has 142 valence electrons. The molecule has 0 radical (unpaired) electrons. The zero-order valence-electron chi connectivity index (χ0n) is 14.8. The van der Waals surface area contributed by atoms with Gasteiger partial charge in [0.25, 0.3) is 5.91 Å². The first kappa shape index (κ1) is 18.5. The monoisotopic (exact) mass is 404 g/mol. The van der Waals surface area contributed by atoms with E-state index in [0.29, 0.717) is 23.6 Å². The fourth-order valence-electron chi connectivity index (χ4n) is 3.87. The number of anilines is 1. The van der Waals surface area contributed by atoms with Gasteiger partial charge in [-0.3, -0.25) is 4.79 Å². The van der Waals surface area contributed by atoms with E-state index in [1.807, 2.05) is 0 Å². The Balaban J connectivity index is 1.59. The summed E-state index contributed by atoms with van der Waals surface area (Å²) < 4.78 is 28.1. The number of carbonyl (C=O) groups is 1. The number of amides is 1. The van der Waals surface area contributed by atoms with E-state index in [0.717, 1.165) is 36.9 Å². The van der Waals surface area contributed by atoms with E-state index in [-0.39, 0.29) is 16.8 Å². The van der Waals surface area contributed by atoms with Crippen molar-refractivity contribution in [2.45, 2.75) is 43.0 Å². The fraction of sp³-hybridized carbons (Fsp3) is 0.350. The zero-order valence-corrected chi connectivity index (χ0v) is 16.4. The van der Waals surface area contributed by atoms with Crippen molar-refractivity contribution in [1.82, 2.24) is 4.72 Å². The Labute approximate surface area is 164 Å². The van der Waals surface area contributed by atoms with Gasteiger partial charge in [0.1, 0.15) is 0 Å². The fourth-order valence-corrected chi connectivity index (χ4v) is 5.44. The molecule has 2 aromatic carbocycles. The van der Waals surface area contributed by atoms with Crippen molar-refractivity contribution >= 4 is 33.2 Å². The van der Waals surface area contributed by atoms with Crippen LogP contribution in [-0.2, 0) is 16.4 Å². The molecule has 0 atom stereocenters. The number of fused-ring (bicyclic) bond motifs is 1. The minimum atomic E-state index is -3.54. The molecule has 27 heavy (non-hydrogen) atoms. The van der Waals surface area contributed by atoms with Crippen LogP contribution in [-0.4, -0.2) is 26.9 Å². The second-order valence-electron chi connectivity index (χ2n) is 7.08. The van der Waals surface area contributed by atoms with E-state index >= 15 is 0 Å². The zero-order chi connectivity index (χ0) is 19.0. The molecule has 0 aromatic heterocycles. The lowest BCUT2D eigenvalue weighted by Gasteiger charge is -2.18. The number of nitrogens with zero attached hydrogens (tertiary/aromatic N) is 1. The summed E-state index contributed by atoms with van der Waals surface area (Å²) in [7, 11) is -3.54. The Morgan fingerprint density at radius 2 is 1.85 bits per heavy atom. The van der Waals surface area contributed by atoms with Crippen molar-refractivity contribution in [3.63, 3.8) is 0 Å². The normalized spacial score (nSPS) is 17.3. The number of hydrogen-bond donors (Lipinski definition) is 1. The first-order valence-electron chi connectivity index (χ1n) is 9.17. The van der Waals surface area contributed by atoms with E-state index in [2.05, 4.69) is 4.72 Å². The first-order valence-corrected chi connectivity index (χ1v) is 11.0. The number of hydrogen-bond acceptors (Lipinski definition) is 3. The number of nitrogens with one attached hydrogen (secondary N) is 1. The van der Waals surface area contributed by atoms with Gasteiger partial charge in [0, 0.05) is 18.3 Å². The van der Waals surface area contributed by atoms with Crippen molar-refractivity contribution in [2.75, 3.05) is 11.4 Å². The van der Waals surface area contributed by atoms with Gasteiger partial charge < -0.3 is 4.90 Å². The number of rotatable bonds is 4. The molecule has 1 aliphatic carbocycles. The van der Waals surface area contributed by atoms with Gasteiger partial charge >= 0.3 is 0 Å². The molecular formula is C20H21ClN2O3S. The Morgan fingerprint density at radius 3 is 2.59 bits per heavy atom. The molecule has 1 fully saturated rings. The second-order valence-corrected chi connectivity index (χ2v) is 9.20. The van der Waals surface area contributed by atoms with Gasteiger partial charge in [-0.25, -0.2) is 13.1 Å². The molecule has 2 aliphatic rings. The van der Waals surface area contributed by atoms with E-state index in [9.17, 15) is 13.2 Å². The van der Waals surface area contributed by atoms with Crippen LogP contribution in [0.3, 0.4) is 0 Å². The van der Waals surface area contributed by atoms with Crippen LogP contribution >= 0.6 is 11.6 Å². The van der Waals surface area contributed by atoms with Crippen LogP contribution in [0.5, 0.6) is 0 Å². The summed E-state index contributed by atoms with van der Waals surface area (Å²) in [5.74, 6) is -0.168. The number of sulfonamides is 1. The van der Waals surface area contributed by atoms with Gasteiger partial charge in [-0.15, -0.1) is 0 Å². The van der Waals surface area contributed by atoms with E-state index in [4.69, 9.17) is 11.6 Å². The topological polar surface area (TPSA) is 66.5 Å². The lowest BCUT2D eigenvalue weighted by molar-refractivity contribution is 0.0989.